The van der Waals surface area contributed by atoms with E-state index in [1.807, 2.05) is 13.8 Å². The van der Waals surface area contributed by atoms with Gasteiger partial charge < -0.3 is 19.7 Å². The molecule has 0 aromatic heterocycles. The summed E-state index contributed by atoms with van der Waals surface area (Å²) in [4.78, 5) is 14.0. The molecule has 116 valence electrons. The summed E-state index contributed by atoms with van der Waals surface area (Å²) in [5, 5.41) is 3.45. The van der Waals surface area contributed by atoms with Crippen molar-refractivity contribution in [3.8, 4) is 0 Å². The van der Waals surface area contributed by atoms with Gasteiger partial charge in [0.05, 0.1) is 19.3 Å². The predicted molar refractivity (Wildman–Crippen MR) is 77.8 cm³/mol. The Morgan fingerprint density at radius 2 is 2.20 bits per heavy atom. The number of nitrogens with zero attached hydrogens (tertiary/aromatic N) is 1. The van der Waals surface area contributed by atoms with Gasteiger partial charge >= 0.3 is 6.09 Å². The first-order chi connectivity index (χ1) is 9.50. The Balaban J connectivity index is 1.76. The Kier molecular flexibility index (Phi) is 5.27. The molecule has 1 N–H and O–H groups in total. The highest BCUT2D eigenvalue weighted by Gasteiger charge is 2.30. The van der Waals surface area contributed by atoms with Gasteiger partial charge in [0.15, 0.2) is 0 Å². The van der Waals surface area contributed by atoms with E-state index in [-0.39, 0.29) is 17.8 Å². The van der Waals surface area contributed by atoms with Gasteiger partial charge in [0.25, 0.3) is 0 Å². The van der Waals surface area contributed by atoms with E-state index in [9.17, 15) is 4.79 Å². The lowest BCUT2D eigenvalue weighted by Crippen LogP contribution is -2.50. The lowest BCUT2D eigenvalue weighted by Gasteiger charge is -2.35. The monoisotopic (exact) mass is 284 g/mol. The van der Waals surface area contributed by atoms with E-state index in [1.165, 1.54) is 12.8 Å². The first-order valence-corrected chi connectivity index (χ1v) is 7.83. The number of amides is 1. The largest absolute Gasteiger partial charge is 0.443 e. The molecule has 1 saturated carbocycles. The normalized spacial score (nSPS) is 23.8. The molecule has 0 aromatic carbocycles. The summed E-state index contributed by atoms with van der Waals surface area (Å²) < 4.78 is 11.3. The maximum absolute atomic E-state index is 12.2. The van der Waals surface area contributed by atoms with Crippen LogP contribution in [0.3, 0.4) is 0 Å². The predicted octanol–water partition coefficient (Wildman–Crippen LogP) is 2.15. The topological polar surface area (TPSA) is 50.8 Å². The van der Waals surface area contributed by atoms with Gasteiger partial charge in [-0.15, -0.1) is 0 Å². The summed E-state index contributed by atoms with van der Waals surface area (Å²) in [5.41, 5.74) is -0.383. The second kappa shape index (κ2) is 6.76. The molecule has 2 aliphatic rings. The molecule has 5 heteroatoms. The van der Waals surface area contributed by atoms with Crippen LogP contribution in [0.15, 0.2) is 0 Å². The summed E-state index contributed by atoms with van der Waals surface area (Å²) in [5.74, 6) is 0. The van der Waals surface area contributed by atoms with Crippen molar-refractivity contribution in [3.63, 3.8) is 0 Å². The van der Waals surface area contributed by atoms with Crippen molar-refractivity contribution in [1.82, 2.24) is 10.2 Å². The van der Waals surface area contributed by atoms with Gasteiger partial charge in [-0.3, -0.25) is 0 Å². The summed E-state index contributed by atoms with van der Waals surface area (Å²) in [7, 11) is 0. The SMILES string of the molecule is CCCC(C)(C)OC(=O)N1CCOC(CNC2CC2)C1. The van der Waals surface area contributed by atoms with E-state index in [1.54, 1.807) is 4.90 Å². The Bertz CT molecular complexity index is 329. The number of carbonyl (C=O) groups excluding carboxylic acids is 1. The number of rotatable bonds is 6. The molecule has 0 aromatic rings. The van der Waals surface area contributed by atoms with Crippen LogP contribution < -0.4 is 5.32 Å². The molecular formula is C15H28N2O3. The van der Waals surface area contributed by atoms with Crippen LogP contribution in [0, 0.1) is 0 Å². The fourth-order valence-corrected chi connectivity index (χ4v) is 2.55. The minimum Gasteiger partial charge on any atom is -0.443 e. The van der Waals surface area contributed by atoms with E-state index < -0.39 is 0 Å². The molecule has 0 bridgehead atoms. The first kappa shape index (κ1) is 15.6. The highest BCUT2D eigenvalue weighted by Crippen LogP contribution is 2.20. The maximum Gasteiger partial charge on any atom is 0.410 e. The van der Waals surface area contributed by atoms with Gasteiger partial charge in [-0.25, -0.2) is 4.79 Å². The highest BCUT2D eigenvalue weighted by atomic mass is 16.6. The quantitative estimate of drug-likeness (QED) is 0.812. The molecule has 1 aliphatic carbocycles. The van der Waals surface area contributed by atoms with Crippen LogP contribution in [0.5, 0.6) is 0 Å². The van der Waals surface area contributed by atoms with Crippen LogP contribution in [0.1, 0.15) is 46.5 Å². The van der Waals surface area contributed by atoms with E-state index in [4.69, 9.17) is 9.47 Å². The average Bonchev–Trinajstić information content (AvgIpc) is 3.20. The van der Waals surface area contributed by atoms with Crippen LogP contribution in [0.25, 0.3) is 0 Å². The Labute approximate surface area is 122 Å². The molecule has 0 spiro atoms. The third kappa shape index (κ3) is 4.94. The molecule has 1 saturated heterocycles. The van der Waals surface area contributed by atoms with Crippen molar-refractivity contribution in [2.24, 2.45) is 0 Å². The van der Waals surface area contributed by atoms with Crippen LogP contribution in [-0.2, 0) is 9.47 Å². The third-order valence-corrected chi connectivity index (χ3v) is 3.82. The number of hydrogen-bond acceptors (Lipinski definition) is 4. The van der Waals surface area contributed by atoms with Gasteiger partial charge in [-0.1, -0.05) is 13.3 Å². The zero-order chi connectivity index (χ0) is 14.6. The lowest BCUT2D eigenvalue weighted by atomic mass is 10.0. The van der Waals surface area contributed by atoms with Crippen molar-refractivity contribution >= 4 is 6.09 Å². The second-order valence-corrected chi connectivity index (χ2v) is 6.50. The van der Waals surface area contributed by atoms with E-state index in [0.717, 1.165) is 19.4 Å². The molecule has 1 amide bonds. The van der Waals surface area contributed by atoms with Crippen molar-refractivity contribution < 1.29 is 14.3 Å². The number of nitrogens with one attached hydrogen (secondary N) is 1. The number of morpholine rings is 1. The summed E-state index contributed by atoms with van der Waals surface area (Å²) in [6.45, 7) is 8.72. The lowest BCUT2D eigenvalue weighted by molar-refractivity contribution is -0.0460. The van der Waals surface area contributed by atoms with E-state index >= 15 is 0 Å². The van der Waals surface area contributed by atoms with Crippen molar-refractivity contribution in [1.29, 1.82) is 0 Å². The number of hydrogen-bond donors (Lipinski definition) is 1. The summed E-state index contributed by atoms with van der Waals surface area (Å²) >= 11 is 0. The minimum absolute atomic E-state index is 0.0891. The van der Waals surface area contributed by atoms with Crippen LogP contribution >= 0.6 is 0 Å². The molecule has 2 rings (SSSR count). The fourth-order valence-electron chi connectivity index (χ4n) is 2.55. The van der Waals surface area contributed by atoms with Gasteiger partial charge in [-0.2, -0.15) is 0 Å². The molecule has 1 atom stereocenters. The molecule has 1 unspecified atom stereocenters. The van der Waals surface area contributed by atoms with Gasteiger partial charge in [0.2, 0.25) is 0 Å². The molecule has 5 nitrogen and oxygen atoms in total. The molecule has 2 fully saturated rings. The van der Waals surface area contributed by atoms with Gasteiger partial charge in [0, 0.05) is 19.1 Å². The molecule has 1 aliphatic heterocycles. The Morgan fingerprint density at radius 1 is 1.45 bits per heavy atom. The van der Waals surface area contributed by atoms with Crippen molar-refractivity contribution in [2.45, 2.75) is 64.2 Å². The molecular weight excluding hydrogens is 256 g/mol. The van der Waals surface area contributed by atoms with Crippen LogP contribution in [0.4, 0.5) is 4.79 Å². The fraction of sp³-hybridized carbons (Fsp3) is 0.933. The zero-order valence-corrected chi connectivity index (χ0v) is 13.0. The van der Waals surface area contributed by atoms with Gasteiger partial charge in [0.1, 0.15) is 5.60 Å². The minimum atomic E-state index is -0.383. The maximum atomic E-state index is 12.2. The molecule has 20 heavy (non-hydrogen) atoms. The Morgan fingerprint density at radius 3 is 2.85 bits per heavy atom. The van der Waals surface area contributed by atoms with Crippen molar-refractivity contribution in [2.75, 3.05) is 26.2 Å². The van der Waals surface area contributed by atoms with Crippen molar-refractivity contribution in [3.05, 3.63) is 0 Å². The summed E-state index contributed by atoms with van der Waals surface area (Å²) in [6.07, 6.45) is 4.31. The van der Waals surface area contributed by atoms with Gasteiger partial charge in [-0.05, 0) is 33.1 Å². The van der Waals surface area contributed by atoms with E-state index in [2.05, 4.69) is 12.2 Å². The number of ether oxygens (including phenoxy) is 2. The van der Waals surface area contributed by atoms with Crippen LogP contribution in [-0.4, -0.2) is 55.0 Å². The summed E-state index contributed by atoms with van der Waals surface area (Å²) in [6, 6.07) is 0.671. The molecule has 1 heterocycles. The van der Waals surface area contributed by atoms with E-state index in [0.29, 0.717) is 25.7 Å². The highest BCUT2D eigenvalue weighted by molar-refractivity contribution is 5.68. The third-order valence-electron chi connectivity index (χ3n) is 3.82. The average molecular weight is 284 g/mol. The molecule has 0 radical (unpaired) electrons. The Hall–Kier alpha value is -0.810. The zero-order valence-electron chi connectivity index (χ0n) is 13.0. The standard InChI is InChI=1S/C15H28N2O3/c1-4-7-15(2,3)20-14(18)17-8-9-19-13(11-17)10-16-12-5-6-12/h12-13,16H,4-11H2,1-3H3. The smallest absolute Gasteiger partial charge is 0.410 e. The second-order valence-electron chi connectivity index (χ2n) is 6.50. The number of carbonyl (C=O) groups is 1. The first-order valence-electron chi connectivity index (χ1n) is 7.83. The van der Waals surface area contributed by atoms with Crippen LogP contribution in [0.2, 0.25) is 0 Å².